The number of hydrogen-bond donors (Lipinski definition) is 2. The number of aromatic nitrogens is 3. The molecule has 1 atom stereocenters. The van der Waals surface area contributed by atoms with E-state index in [1.54, 1.807) is 12.3 Å². The summed E-state index contributed by atoms with van der Waals surface area (Å²) in [5.41, 5.74) is 9.71. The molecule has 0 saturated heterocycles. The number of pyridine rings is 1. The van der Waals surface area contributed by atoms with E-state index in [0.717, 1.165) is 36.5 Å². The second-order valence-corrected chi connectivity index (χ2v) is 5.28. The van der Waals surface area contributed by atoms with E-state index >= 15 is 0 Å². The summed E-state index contributed by atoms with van der Waals surface area (Å²) in [5.74, 6) is 0.736. The van der Waals surface area contributed by atoms with Gasteiger partial charge < -0.3 is 15.3 Å². The van der Waals surface area contributed by atoms with Gasteiger partial charge in [0.15, 0.2) is 5.43 Å². The number of aryl methyl sites for hydroxylation is 1. The van der Waals surface area contributed by atoms with Crippen molar-refractivity contribution in [3.8, 4) is 11.4 Å². The van der Waals surface area contributed by atoms with Gasteiger partial charge in [-0.15, -0.1) is 0 Å². The predicted octanol–water partition coefficient (Wildman–Crippen LogP) is 0.900. The average molecular weight is 258 g/mol. The first kappa shape index (κ1) is 12.2. The molecule has 19 heavy (non-hydrogen) atoms. The van der Waals surface area contributed by atoms with Crippen molar-refractivity contribution >= 4 is 0 Å². The quantitative estimate of drug-likeness (QED) is 0.798. The summed E-state index contributed by atoms with van der Waals surface area (Å²) in [6.45, 7) is 1.87. The molecule has 3 rings (SSSR count). The molecule has 2 aromatic heterocycles. The molecule has 5 heteroatoms. The topological polar surface area (TPSA) is 76.7 Å². The molecule has 0 radical (unpaired) electrons. The Morgan fingerprint density at radius 2 is 2.32 bits per heavy atom. The first-order valence-corrected chi connectivity index (χ1v) is 6.56. The van der Waals surface area contributed by atoms with E-state index in [1.165, 1.54) is 5.69 Å². The molecular formula is C14H18N4O. The minimum absolute atomic E-state index is 0.00555. The molecule has 1 unspecified atom stereocenters. The minimum Gasteiger partial charge on any atom is -0.364 e. The molecule has 0 spiro atoms. The number of imidazole rings is 1. The van der Waals surface area contributed by atoms with Crippen molar-refractivity contribution in [2.24, 2.45) is 12.8 Å². The number of nitrogens with one attached hydrogen (secondary N) is 1. The Kier molecular flexibility index (Phi) is 2.78. The highest BCUT2D eigenvalue weighted by Gasteiger charge is 2.23. The van der Waals surface area contributed by atoms with Crippen LogP contribution in [0.5, 0.6) is 0 Å². The van der Waals surface area contributed by atoms with Crippen LogP contribution in [0.2, 0.25) is 0 Å². The maximum atomic E-state index is 12.1. The van der Waals surface area contributed by atoms with Crippen molar-refractivity contribution in [3.05, 3.63) is 39.6 Å². The van der Waals surface area contributed by atoms with Crippen molar-refractivity contribution in [2.75, 3.05) is 0 Å². The Labute approximate surface area is 111 Å². The average Bonchev–Trinajstić information content (AvgIpc) is 2.66. The van der Waals surface area contributed by atoms with E-state index < -0.39 is 0 Å². The number of hydrogen-bond acceptors (Lipinski definition) is 3. The van der Waals surface area contributed by atoms with E-state index in [0.29, 0.717) is 5.56 Å². The van der Waals surface area contributed by atoms with Crippen molar-refractivity contribution in [3.63, 3.8) is 0 Å². The van der Waals surface area contributed by atoms with Crippen LogP contribution >= 0.6 is 0 Å². The van der Waals surface area contributed by atoms with Gasteiger partial charge in [0.1, 0.15) is 5.82 Å². The van der Waals surface area contributed by atoms with Gasteiger partial charge in [-0.2, -0.15) is 0 Å². The Bertz CT molecular complexity index is 683. The second kappa shape index (κ2) is 4.35. The van der Waals surface area contributed by atoms with Crippen LogP contribution in [-0.2, 0) is 19.9 Å². The van der Waals surface area contributed by atoms with Crippen LogP contribution in [0.1, 0.15) is 23.5 Å². The molecule has 1 aliphatic rings. The standard InChI is InChI=1S/C14H18N4O/c1-8-5-13(19)10(7-16-8)14-17-11-6-9(15)3-4-12(11)18(14)2/h5,7,9H,3-4,6,15H2,1-2H3,(H,16,19). The number of nitrogens with two attached hydrogens (primary N) is 1. The zero-order valence-electron chi connectivity index (χ0n) is 11.2. The summed E-state index contributed by atoms with van der Waals surface area (Å²) in [4.78, 5) is 19.8. The van der Waals surface area contributed by atoms with Gasteiger partial charge in [0.2, 0.25) is 0 Å². The molecule has 3 N–H and O–H groups in total. The third kappa shape index (κ3) is 2.00. The lowest BCUT2D eigenvalue weighted by Crippen LogP contribution is -2.28. The molecule has 0 amide bonds. The van der Waals surface area contributed by atoms with E-state index in [4.69, 9.17) is 5.73 Å². The molecule has 0 saturated carbocycles. The Morgan fingerprint density at radius 1 is 1.53 bits per heavy atom. The molecule has 2 aromatic rings. The van der Waals surface area contributed by atoms with Crippen molar-refractivity contribution < 1.29 is 0 Å². The zero-order chi connectivity index (χ0) is 13.6. The number of rotatable bonds is 1. The molecule has 100 valence electrons. The van der Waals surface area contributed by atoms with Crippen LogP contribution < -0.4 is 11.2 Å². The fourth-order valence-electron chi connectivity index (χ4n) is 2.73. The lowest BCUT2D eigenvalue weighted by Gasteiger charge is -2.17. The van der Waals surface area contributed by atoms with Crippen LogP contribution in [-0.4, -0.2) is 20.6 Å². The lowest BCUT2D eigenvalue weighted by atomic mass is 9.97. The van der Waals surface area contributed by atoms with Gasteiger partial charge in [-0.05, 0) is 19.8 Å². The monoisotopic (exact) mass is 258 g/mol. The summed E-state index contributed by atoms with van der Waals surface area (Å²) in [7, 11) is 1.97. The maximum absolute atomic E-state index is 12.1. The van der Waals surface area contributed by atoms with Crippen LogP contribution in [0.15, 0.2) is 17.1 Å². The van der Waals surface area contributed by atoms with Crippen molar-refractivity contribution in [2.45, 2.75) is 32.2 Å². The van der Waals surface area contributed by atoms with Crippen LogP contribution in [0.3, 0.4) is 0 Å². The number of H-pyrrole nitrogens is 1. The Hall–Kier alpha value is -1.88. The van der Waals surface area contributed by atoms with Gasteiger partial charge >= 0.3 is 0 Å². The second-order valence-electron chi connectivity index (χ2n) is 5.28. The highest BCUT2D eigenvalue weighted by atomic mass is 16.1. The van der Waals surface area contributed by atoms with Crippen molar-refractivity contribution in [1.82, 2.24) is 14.5 Å². The van der Waals surface area contributed by atoms with Crippen LogP contribution in [0.4, 0.5) is 0 Å². The van der Waals surface area contributed by atoms with E-state index in [1.807, 2.05) is 18.5 Å². The molecule has 0 aromatic carbocycles. The van der Waals surface area contributed by atoms with E-state index in [9.17, 15) is 4.79 Å². The number of nitrogens with zero attached hydrogens (tertiary/aromatic N) is 2. The summed E-state index contributed by atoms with van der Waals surface area (Å²) >= 11 is 0. The SMILES string of the molecule is Cc1cc(=O)c(-c2nc3c(n2C)CCC(N)C3)c[nH]1. The summed E-state index contributed by atoms with van der Waals surface area (Å²) in [6.07, 6.45) is 4.46. The van der Waals surface area contributed by atoms with Gasteiger partial charge in [-0.1, -0.05) is 0 Å². The Balaban J connectivity index is 2.14. The maximum Gasteiger partial charge on any atom is 0.192 e. The summed E-state index contributed by atoms with van der Waals surface area (Å²) in [6, 6.07) is 1.79. The Morgan fingerprint density at radius 3 is 3.05 bits per heavy atom. The van der Waals surface area contributed by atoms with Gasteiger partial charge in [0, 0.05) is 43.2 Å². The normalized spacial score (nSPS) is 18.4. The molecule has 2 heterocycles. The van der Waals surface area contributed by atoms with Gasteiger partial charge in [-0.25, -0.2) is 4.98 Å². The fourth-order valence-corrected chi connectivity index (χ4v) is 2.73. The lowest BCUT2D eigenvalue weighted by molar-refractivity contribution is 0.554. The number of aromatic amines is 1. The van der Waals surface area contributed by atoms with Crippen LogP contribution in [0.25, 0.3) is 11.4 Å². The number of fused-ring (bicyclic) bond motifs is 1. The zero-order valence-corrected chi connectivity index (χ0v) is 11.2. The highest BCUT2D eigenvalue weighted by molar-refractivity contribution is 5.56. The van der Waals surface area contributed by atoms with Gasteiger partial charge in [0.05, 0.1) is 11.3 Å². The summed E-state index contributed by atoms with van der Waals surface area (Å²) < 4.78 is 2.03. The third-order valence-corrected chi connectivity index (χ3v) is 3.80. The fraction of sp³-hybridized carbons (Fsp3) is 0.429. The minimum atomic E-state index is 0.00555. The van der Waals surface area contributed by atoms with Crippen molar-refractivity contribution in [1.29, 1.82) is 0 Å². The molecule has 0 fully saturated rings. The first-order chi connectivity index (χ1) is 9.06. The first-order valence-electron chi connectivity index (χ1n) is 6.56. The largest absolute Gasteiger partial charge is 0.364 e. The smallest absolute Gasteiger partial charge is 0.192 e. The van der Waals surface area contributed by atoms with Gasteiger partial charge in [-0.3, -0.25) is 4.79 Å². The molecule has 1 aliphatic carbocycles. The predicted molar refractivity (Wildman–Crippen MR) is 74.0 cm³/mol. The molecule has 5 nitrogen and oxygen atoms in total. The van der Waals surface area contributed by atoms with Crippen LogP contribution in [0, 0.1) is 6.92 Å². The third-order valence-electron chi connectivity index (χ3n) is 3.80. The molecular weight excluding hydrogens is 240 g/mol. The van der Waals surface area contributed by atoms with E-state index in [-0.39, 0.29) is 11.5 Å². The highest BCUT2D eigenvalue weighted by Crippen LogP contribution is 2.24. The van der Waals surface area contributed by atoms with E-state index in [2.05, 4.69) is 9.97 Å². The molecule has 0 aliphatic heterocycles. The summed E-state index contributed by atoms with van der Waals surface area (Å²) in [5, 5.41) is 0. The van der Waals surface area contributed by atoms with Gasteiger partial charge in [0.25, 0.3) is 0 Å². The molecule has 0 bridgehead atoms.